The van der Waals surface area contributed by atoms with Crippen LogP contribution in [-0.4, -0.2) is 37.6 Å². The lowest BCUT2D eigenvalue weighted by atomic mass is 10.3. The highest BCUT2D eigenvalue weighted by Crippen LogP contribution is 2.22. The van der Waals surface area contributed by atoms with Gasteiger partial charge in [0.25, 0.3) is 10.0 Å². The second kappa shape index (κ2) is 8.29. The molecule has 1 aromatic heterocycles. The largest absolute Gasteiger partial charge is 0.334 e. The van der Waals surface area contributed by atoms with Crippen LogP contribution in [0.15, 0.2) is 53.4 Å². The normalized spacial score (nSPS) is 12.0. The third-order valence-electron chi connectivity index (χ3n) is 4.69. The average molecular weight is 408 g/mol. The highest BCUT2D eigenvalue weighted by atomic mass is 35.5. The highest BCUT2D eigenvalue weighted by molar-refractivity contribution is 7.92. The predicted octanol–water partition coefficient (Wildman–Crippen LogP) is 2.42. The Bertz CT molecular complexity index is 1010. The zero-order valence-electron chi connectivity index (χ0n) is 15.4. The number of halogens is 1. The van der Waals surface area contributed by atoms with Crippen LogP contribution in [0, 0.1) is 0 Å². The number of sulfonamides is 1. The molecule has 3 rings (SSSR count). The molecule has 27 heavy (non-hydrogen) atoms. The summed E-state index contributed by atoms with van der Waals surface area (Å²) >= 11 is 5.86. The molecule has 0 aliphatic rings. The second-order valence-electron chi connectivity index (χ2n) is 6.34. The number of nitrogens with one attached hydrogen (secondary N) is 2. The monoisotopic (exact) mass is 407 g/mol. The van der Waals surface area contributed by atoms with Crippen molar-refractivity contribution in [1.29, 1.82) is 0 Å². The van der Waals surface area contributed by atoms with E-state index in [4.69, 9.17) is 11.6 Å². The van der Waals surface area contributed by atoms with E-state index in [-0.39, 0.29) is 4.90 Å². The number of hydrogen-bond donors (Lipinski definition) is 2. The molecule has 3 aromatic rings. The summed E-state index contributed by atoms with van der Waals surface area (Å²) in [6, 6.07) is 13.8. The molecule has 2 aromatic carbocycles. The summed E-state index contributed by atoms with van der Waals surface area (Å²) in [5.41, 5.74) is 1.68. The van der Waals surface area contributed by atoms with Crippen molar-refractivity contribution in [2.75, 3.05) is 24.4 Å². The molecule has 0 spiro atoms. The SMILES string of the molecule is CC[NH+](CC)CCn1c(NS(=O)(=O)c2ccc(Cl)cc2)nc2ccccc21. The van der Waals surface area contributed by atoms with E-state index in [0.29, 0.717) is 17.5 Å². The first-order valence-corrected chi connectivity index (χ1v) is 10.9. The van der Waals surface area contributed by atoms with Gasteiger partial charge in [0, 0.05) is 5.02 Å². The summed E-state index contributed by atoms with van der Waals surface area (Å²) < 4.78 is 30.1. The molecule has 0 bridgehead atoms. The number of para-hydroxylation sites is 2. The van der Waals surface area contributed by atoms with Crippen molar-refractivity contribution in [3.05, 3.63) is 53.6 Å². The van der Waals surface area contributed by atoms with Crippen molar-refractivity contribution >= 4 is 38.6 Å². The molecule has 0 radical (unpaired) electrons. The number of fused-ring (bicyclic) bond motifs is 1. The molecule has 6 nitrogen and oxygen atoms in total. The van der Waals surface area contributed by atoms with E-state index in [1.165, 1.54) is 17.0 Å². The molecule has 144 valence electrons. The van der Waals surface area contributed by atoms with Gasteiger partial charge < -0.3 is 9.47 Å². The van der Waals surface area contributed by atoms with Gasteiger partial charge in [-0.05, 0) is 50.2 Å². The molecule has 0 saturated heterocycles. The molecule has 0 fully saturated rings. The Morgan fingerprint density at radius 2 is 1.74 bits per heavy atom. The van der Waals surface area contributed by atoms with E-state index in [1.54, 1.807) is 12.1 Å². The number of rotatable bonds is 8. The van der Waals surface area contributed by atoms with Gasteiger partial charge in [-0.3, -0.25) is 0 Å². The van der Waals surface area contributed by atoms with Gasteiger partial charge in [0.05, 0.1) is 42.1 Å². The molecule has 1 heterocycles. The number of benzene rings is 2. The zero-order valence-corrected chi connectivity index (χ0v) is 17.0. The molecular formula is C19H24ClN4O2S+. The topological polar surface area (TPSA) is 68.4 Å². The van der Waals surface area contributed by atoms with E-state index >= 15 is 0 Å². The number of likely N-dealkylation sites (N-methyl/N-ethyl adjacent to an activating group) is 1. The summed E-state index contributed by atoms with van der Waals surface area (Å²) in [6.45, 7) is 7.91. The minimum absolute atomic E-state index is 0.153. The van der Waals surface area contributed by atoms with E-state index in [0.717, 1.165) is 30.7 Å². The molecule has 0 aliphatic heterocycles. The molecule has 0 atom stereocenters. The van der Waals surface area contributed by atoms with Gasteiger partial charge in [-0.15, -0.1) is 0 Å². The number of nitrogens with zero attached hydrogens (tertiary/aromatic N) is 2. The zero-order chi connectivity index (χ0) is 19.4. The van der Waals surface area contributed by atoms with Crippen molar-refractivity contribution in [3.63, 3.8) is 0 Å². The predicted molar refractivity (Wildman–Crippen MR) is 109 cm³/mol. The standard InChI is InChI=1S/C19H23ClN4O2S/c1-3-23(4-2)13-14-24-18-8-6-5-7-17(18)21-19(24)22-27(25,26)16-11-9-15(20)10-12-16/h5-12H,3-4,13-14H2,1-2H3,(H,21,22)/p+1. The van der Waals surface area contributed by atoms with E-state index in [9.17, 15) is 8.42 Å². The van der Waals surface area contributed by atoms with E-state index in [1.807, 2.05) is 28.8 Å². The fourth-order valence-corrected chi connectivity index (χ4v) is 4.18. The van der Waals surface area contributed by atoms with Crippen molar-refractivity contribution in [3.8, 4) is 0 Å². The summed E-state index contributed by atoms with van der Waals surface area (Å²) in [6.07, 6.45) is 0. The molecule has 0 unspecified atom stereocenters. The molecule has 0 saturated carbocycles. The van der Waals surface area contributed by atoms with Crippen LogP contribution in [-0.2, 0) is 16.6 Å². The third kappa shape index (κ3) is 4.43. The Kier molecular flexibility index (Phi) is 6.04. The van der Waals surface area contributed by atoms with Gasteiger partial charge in [-0.25, -0.2) is 18.1 Å². The van der Waals surface area contributed by atoms with Gasteiger partial charge in [0.2, 0.25) is 5.95 Å². The summed E-state index contributed by atoms with van der Waals surface area (Å²) in [5, 5.41) is 0.489. The van der Waals surface area contributed by atoms with Gasteiger partial charge in [-0.1, -0.05) is 23.7 Å². The Labute approximate surface area is 164 Å². The van der Waals surface area contributed by atoms with Gasteiger partial charge in [-0.2, -0.15) is 0 Å². The fourth-order valence-electron chi connectivity index (χ4n) is 3.05. The highest BCUT2D eigenvalue weighted by Gasteiger charge is 2.20. The van der Waals surface area contributed by atoms with E-state index < -0.39 is 10.0 Å². The lowest BCUT2D eigenvalue weighted by Crippen LogP contribution is -3.11. The van der Waals surface area contributed by atoms with Crippen LogP contribution in [0.1, 0.15) is 13.8 Å². The second-order valence-corrected chi connectivity index (χ2v) is 8.46. The lowest BCUT2D eigenvalue weighted by Gasteiger charge is -2.17. The molecule has 8 heteroatoms. The lowest BCUT2D eigenvalue weighted by molar-refractivity contribution is -0.897. The number of imidazole rings is 1. The maximum atomic E-state index is 12.8. The van der Waals surface area contributed by atoms with Crippen LogP contribution < -0.4 is 9.62 Å². The van der Waals surface area contributed by atoms with Gasteiger partial charge in [0.1, 0.15) is 0 Å². The van der Waals surface area contributed by atoms with E-state index in [2.05, 4.69) is 23.6 Å². The first kappa shape index (κ1) is 19.7. The first-order valence-electron chi connectivity index (χ1n) is 9.01. The molecule has 2 N–H and O–H groups in total. The number of aromatic nitrogens is 2. The summed E-state index contributed by atoms with van der Waals surface area (Å²) in [4.78, 5) is 6.10. The van der Waals surface area contributed by atoms with Crippen molar-refractivity contribution in [2.45, 2.75) is 25.3 Å². The average Bonchev–Trinajstić information content (AvgIpc) is 2.99. The Morgan fingerprint density at radius 1 is 1.07 bits per heavy atom. The Balaban J connectivity index is 1.95. The van der Waals surface area contributed by atoms with Gasteiger partial charge >= 0.3 is 0 Å². The van der Waals surface area contributed by atoms with Crippen LogP contribution in [0.5, 0.6) is 0 Å². The van der Waals surface area contributed by atoms with Crippen molar-refractivity contribution < 1.29 is 13.3 Å². The quantitative estimate of drug-likeness (QED) is 0.602. The van der Waals surface area contributed by atoms with Crippen LogP contribution in [0.2, 0.25) is 5.02 Å². The maximum absolute atomic E-state index is 12.8. The Hall–Kier alpha value is -2.09. The smallest absolute Gasteiger partial charge is 0.264 e. The van der Waals surface area contributed by atoms with Crippen LogP contribution >= 0.6 is 11.6 Å². The third-order valence-corrected chi connectivity index (χ3v) is 6.29. The maximum Gasteiger partial charge on any atom is 0.264 e. The minimum Gasteiger partial charge on any atom is -0.334 e. The Morgan fingerprint density at radius 3 is 2.41 bits per heavy atom. The summed E-state index contributed by atoms with van der Waals surface area (Å²) in [5.74, 6) is 0.331. The van der Waals surface area contributed by atoms with Crippen LogP contribution in [0.25, 0.3) is 11.0 Å². The van der Waals surface area contributed by atoms with Crippen LogP contribution in [0.3, 0.4) is 0 Å². The van der Waals surface area contributed by atoms with Crippen molar-refractivity contribution in [2.24, 2.45) is 0 Å². The first-order chi connectivity index (χ1) is 12.9. The van der Waals surface area contributed by atoms with Crippen molar-refractivity contribution in [1.82, 2.24) is 9.55 Å². The molecule has 0 aliphatic carbocycles. The molecule has 0 amide bonds. The minimum atomic E-state index is -3.75. The number of quaternary nitrogens is 1. The number of anilines is 1. The molecular weight excluding hydrogens is 384 g/mol. The van der Waals surface area contributed by atoms with Crippen LogP contribution in [0.4, 0.5) is 5.95 Å². The number of hydrogen-bond acceptors (Lipinski definition) is 3. The summed E-state index contributed by atoms with van der Waals surface area (Å²) in [7, 11) is -3.75. The fraction of sp³-hybridized carbons (Fsp3) is 0.316. The van der Waals surface area contributed by atoms with Gasteiger partial charge in [0.15, 0.2) is 0 Å².